The van der Waals surface area contributed by atoms with Gasteiger partial charge in [-0.3, -0.25) is 4.98 Å². The van der Waals surface area contributed by atoms with Crippen molar-refractivity contribution < 1.29 is 5.11 Å². The summed E-state index contributed by atoms with van der Waals surface area (Å²) in [6.07, 6.45) is 3.68. The second-order valence-electron chi connectivity index (χ2n) is 5.04. The van der Waals surface area contributed by atoms with E-state index in [-0.39, 0.29) is 11.5 Å². The summed E-state index contributed by atoms with van der Waals surface area (Å²) in [5, 5.41) is 9.97. The van der Waals surface area contributed by atoms with Crippen LogP contribution in [0.1, 0.15) is 26.3 Å². The van der Waals surface area contributed by atoms with E-state index in [0.29, 0.717) is 6.42 Å². The Balaban J connectivity index is 2.60. The molecule has 2 atom stereocenters. The number of aliphatic hydroxyl groups excluding tert-OH is 1. The molecular weight excluding hydrogens is 188 g/mol. The lowest BCUT2D eigenvalue weighted by atomic mass is 9.83. The fourth-order valence-electron chi connectivity index (χ4n) is 1.54. The van der Waals surface area contributed by atoms with Gasteiger partial charge in [-0.05, 0) is 23.5 Å². The number of aliphatic hydroxyl groups is 1. The van der Waals surface area contributed by atoms with Gasteiger partial charge in [0.2, 0.25) is 0 Å². The van der Waals surface area contributed by atoms with Crippen LogP contribution < -0.4 is 5.73 Å². The van der Waals surface area contributed by atoms with Crippen molar-refractivity contribution in [3.63, 3.8) is 0 Å². The Morgan fingerprint density at radius 3 is 2.60 bits per heavy atom. The molecule has 15 heavy (non-hydrogen) atoms. The Morgan fingerprint density at radius 2 is 2.13 bits per heavy atom. The third-order valence-electron chi connectivity index (χ3n) is 2.49. The lowest BCUT2D eigenvalue weighted by Gasteiger charge is -2.30. The number of nitrogens with zero attached hydrogens (tertiary/aromatic N) is 1. The third kappa shape index (κ3) is 3.61. The van der Waals surface area contributed by atoms with Crippen molar-refractivity contribution in [2.24, 2.45) is 11.1 Å². The van der Waals surface area contributed by atoms with Crippen molar-refractivity contribution in [2.45, 2.75) is 39.3 Å². The molecule has 84 valence electrons. The first-order chi connectivity index (χ1) is 6.91. The minimum Gasteiger partial charge on any atom is -0.391 e. The summed E-state index contributed by atoms with van der Waals surface area (Å²) in [6.45, 7) is 5.96. The molecule has 0 aliphatic carbocycles. The van der Waals surface area contributed by atoms with Gasteiger partial charge >= 0.3 is 0 Å². The van der Waals surface area contributed by atoms with Crippen LogP contribution >= 0.6 is 0 Å². The minimum atomic E-state index is -0.502. The molecule has 0 saturated carbocycles. The Kier molecular flexibility index (Phi) is 3.83. The molecule has 0 radical (unpaired) electrons. The van der Waals surface area contributed by atoms with E-state index in [1.54, 1.807) is 12.4 Å². The van der Waals surface area contributed by atoms with Gasteiger partial charge < -0.3 is 10.8 Å². The second-order valence-corrected chi connectivity index (χ2v) is 5.04. The van der Waals surface area contributed by atoms with Gasteiger partial charge in [0.1, 0.15) is 0 Å². The maximum absolute atomic E-state index is 9.97. The Hall–Kier alpha value is -0.930. The molecule has 0 bridgehead atoms. The zero-order valence-corrected chi connectivity index (χ0v) is 9.64. The van der Waals surface area contributed by atoms with E-state index >= 15 is 0 Å². The molecule has 3 heteroatoms. The van der Waals surface area contributed by atoms with Crippen LogP contribution in [-0.2, 0) is 6.42 Å². The predicted octanol–water partition coefficient (Wildman–Crippen LogP) is 1.36. The predicted molar refractivity (Wildman–Crippen MR) is 61.4 cm³/mol. The number of hydrogen-bond donors (Lipinski definition) is 2. The third-order valence-corrected chi connectivity index (χ3v) is 2.49. The molecule has 0 spiro atoms. The fourth-order valence-corrected chi connectivity index (χ4v) is 1.54. The molecule has 1 aromatic rings. The summed E-state index contributed by atoms with van der Waals surface area (Å²) in [5.41, 5.74) is 6.84. The van der Waals surface area contributed by atoms with E-state index in [0.717, 1.165) is 5.56 Å². The van der Waals surface area contributed by atoms with Gasteiger partial charge in [-0.1, -0.05) is 26.8 Å². The molecule has 0 amide bonds. The van der Waals surface area contributed by atoms with Crippen LogP contribution in [0.4, 0.5) is 0 Å². The van der Waals surface area contributed by atoms with Gasteiger partial charge in [-0.2, -0.15) is 0 Å². The Bertz CT molecular complexity index is 292. The summed E-state index contributed by atoms with van der Waals surface area (Å²) in [6, 6.07) is 3.61. The molecule has 0 aliphatic rings. The molecule has 3 N–H and O–H groups in total. The van der Waals surface area contributed by atoms with E-state index in [1.165, 1.54) is 0 Å². The van der Waals surface area contributed by atoms with Gasteiger partial charge in [0.05, 0.1) is 6.10 Å². The highest BCUT2D eigenvalue weighted by atomic mass is 16.3. The lowest BCUT2D eigenvalue weighted by Crippen LogP contribution is -2.44. The van der Waals surface area contributed by atoms with E-state index in [9.17, 15) is 5.11 Å². The quantitative estimate of drug-likeness (QED) is 0.788. The van der Waals surface area contributed by atoms with Crippen molar-refractivity contribution in [3.05, 3.63) is 30.1 Å². The molecule has 1 aromatic heterocycles. The lowest BCUT2D eigenvalue weighted by molar-refractivity contribution is 0.0406. The van der Waals surface area contributed by atoms with Crippen LogP contribution in [0.3, 0.4) is 0 Å². The van der Waals surface area contributed by atoms with Crippen molar-refractivity contribution in [2.75, 3.05) is 0 Å². The molecule has 0 aliphatic heterocycles. The van der Waals surface area contributed by atoms with Crippen molar-refractivity contribution in [1.29, 1.82) is 0 Å². The van der Waals surface area contributed by atoms with Crippen LogP contribution in [0.25, 0.3) is 0 Å². The van der Waals surface area contributed by atoms with Crippen LogP contribution in [-0.4, -0.2) is 22.2 Å². The molecule has 1 unspecified atom stereocenters. The molecule has 1 heterocycles. The largest absolute Gasteiger partial charge is 0.391 e. The SMILES string of the molecule is CC(C)(C)C(O)[C@H](N)Cc1cccnc1. The van der Waals surface area contributed by atoms with Crippen molar-refractivity contribution >= 4 is 0 Å². The summed E-state index contributed by atoms with van der Waals surface area (Å²) >= 11 is 0. The monoisotopic (exact) mass is 208 g/mol. The Labute approximate surface area is 91.3 Å². The first-order valence-corrected chi connectivity index (χ1v) is 5.24. The smallest absolute Gasteiger partial charge is 0.0742 e. The molecule has 0 fully saturated rings. The standard InChI is InChI=1S/C12H20N2O/c1-12(2,3)11(15)10(13)7-9-5-4-6-14-8-9/h4-6,8,10-11,15H,7,13H2,1-3H3/t10-,11?/m1/s1. The summed E-state index contributed by atoms with van der Waals surface area (Å²) in [5.74, 6) is 0. The fraction of sp³-hybridized carbons (Fsp3) is 0.583. The highest BCUT2D eigenvalue weighted by Crippen LogP contribution is 2.22. The highest BCUT2D eigenvalue weighted by Gasteiger charge is 2.27. The molecular formula is C12H20N2O. The normalized spacial score (nSPS) is 16.1. The number of rotatable bonds is 3. The maximum atomic E-state index is 9.97. The van der Waals surface area contributed by atoms with Crippen LogP contribution in [0.5, 0.6) is 0 Å². The maximum Gasteiger partial charge on any atom is 0.0742 e. The summed E-state index contributed by atoms with van der Waals surface area (Å²) in [7, 11) is 0. The highest BCUT2D eigenvalue weighted by molar-refractivity contribution is 5.10. The second kappa shape index (κ2) is 4.73. The first-order valence-electron chi connectivity index (χ1n) is 5.24. The zero-order chi connectivity index (χ0) is 11.5. The summed E-state index contributed by atoms with van der Waals surface area (Å²) in [4.78, 5) is 4.02. The average Bonchev–Trinajstić information content (AvgIpc) is 2.16. The first kappa shape index (κ1) is 12.1. The van der Waals surface area contributed by atoms with E-state index in [4.69, 9.17) is 5.73 Å². The number of pyridine rings is 1. The van der Waals surface area contributed by atoms with Gasteiger partial charge in [0, 0.05) is 18.4 Å². The molecule has 0 aromatic carbocycles. The minimum absolute atomic E-state index is 0.179. The van der Waals surface area contributed by atoms with Crippen molar-refractivity contribution in [1.82, 2.24) is 4.98 Å². The zero-order valence-electron chi connectivity index (χ0n) is 9.64. The van der Waals surface area contributed by atoms with Crippen LogP contribution in [0.2, 0.25) is 0 Å². The number of hydrogen-bond acceptors (Lipinski definition) is 3. The van der Waals surface area contributed by atoms with Gasteiger partial charge in [0.15, 0.2) is 0 Å². The van der Waals surface area contributed by atoms with Crippen LogP contribution in [0, 0.1) is 5.41 Å². The molecule has 1 rings (SSSR count). The summed E-state index contributed by atoms with van der Waals surface area (Å²) < 4.78 is 0. The molecule has 3 nitrogen and oxygen atoms in total. The van der Waals surface area contributed by atoms with E-state index < -0.39 is 6.10 Å². The van der Waals surface area contributed by atoms with Crippen molar-refractivity contribution in [3.8, 4) is 0 Å². The molecule has 0 saturated heterocycles. The Morgan fingerprint density at radius 1 is 1.47 bits per heavy atom. The topological polar surface area (TPSA) is 59.1 Å². The number of aromatic nitrogens is 1. The van der Waals surface area contributed by atoms with Crippen LogP contribution in [0.15, 0.2) is 24.5 Å². The van der Waals surface area contributed by atoms with E-state index in [1.807, 2.05) is 32.9 Å². The van der Waals surface area contributed by atoms with Gasteiger partial charge in [-0.15, -0.1) is 0 Å². The van der Waals surface area contributed by atoms with E-state index in [2.05, 4.69) is 4.98 Å². The number of nitrogens with two attached hydrogens (primary N) is 1. The van der Waals surface area contributed by atoms with Gasteiger partial charge in [-0.25, -0.2) is 0 Å². The van der Waals surface area contributed by atoms with Gasteiger partial charge in [0.25, 0.3) is 0 Å². The average molecular weight is 208 g/mol.